The fraction of sp³-hybridized carbons (Fsp3) is 0. The largest absolute Gasteiger partial charge is 0.398 e. The van der Waals surface area contributed by atoms with Crippen molar-refractivity contribution in [2.45, 2.75) is 0 Å². The standard InChI is InChI=1S/C14H9BClF2N/c15-11-3-1-2-8(14(11)18)6-13(19)10-5-4-9(16)7-12(10)17/h1-7H,19H2/b13-6-. The monoisotopic (exact) mass is 275 g/mol. The lowest BCUT2D eigenvalue weighted by Crippen LogP contribution is -2.09. The van der Waals surface area contributed by atoms with Gasteiger partial charge in [-0.15, -0.1) is 0 Å². The molecule has 2 rings (SSSR count). The molecule has 0 amide bonds. The molecular weight excluding hydrogens is 266 g/mol. The first-order valence-electron chi connectivity index (χ1n) is 5.45. The Morgan fingerprint density at radius 3 is 2.63 bits per heavy atom. The predicted octanol–water partition coefficient (Wildman–Crippen LogP) is 2.87. The van der Waals surface area contributed by atoms with Crippen molar-refractivity contribution in [2.24, 2.45) is 5.73 Å². The van der Waals surface area contributed by atoms with E-state index in [2.05, 4.69) is 0 Å². The number of nitrogens with two attached hydrogens (primary N) is 1. The summed E-state index contributed by atoms with van der Waals surface area (Å²) in [5.41, 5.74) is 6.23. The molecule has 0 aliphatic carbocycles. The lowest BCUT2D eigenvalue weighted by atomic mass is 9.93. The highest BCUT2D eigenvalue weighted by Crippen LogP contribution is 2.21. The van der Waals surface area contributed by atoms with Gasteiger partial charge in [0.1, 0.15) is 19.5 Å². The van der Waals surface area contributed by atoms with Crippen LogP contribution in [0.15, 0.2) is 36.4 Å². The van der Waals surface area contributed by atoms with Gasteiger partial charge in [-0.25, -0.2) is 8.78 Å². The number of hydrogen-bond donors (Lipinski definition) is 1. The molecular formula is C14H9BClF2N. The third kappa shape index (κ3) is 2.96. The van der Waals surface area contributed by atoms with Crippen molar-refractivity contribution in [3.8, 4) is 0 Å². The first kappa shape index (κ1) is 13.6. The summed E-state index contributed by atoms with van der Waals surface area (Å²) in [6.07, 6.45) is 1.33. The minimum absolute atomic E-state index is 0.0122. The smallest absolute Gasteiger partial charge is 0.133 e. The van der Waals surface area contributed by atoms with E-state index in [4.69, 9.17) is 25.2 Å². The molecule has 0 fully saturated rings. The van der Waals surface area contributed by atoms with E-state index >= 15 is 0 Å². The summed E-state index contributed by atoms with van der Waals surface area (Å²) in [5.74, 6) is -1.15. The van der Waals surface area contributed by atoms with Crippen molar-refractivity contribution < 1.29 is 8.78 Å². The maximum Gasteiger partial charge on any atom is 0.133 e. The van der Waals surface area contributed by atoms with Gasteiger partial charge in [0, 0.05) is 21.8 Å². The van der Waals surface area contributed by atoms with Gasteiger partial charge in [0.15, 0.2) is 0 Å². The van der Waals surface area contributed by atoms with Crippen molar-refractivity contribution in [3.63, 3.8) is 0 Å². The molecule has 0 saturated carbocycles. The summed E-state index contributed by atoms with van der Waals surface area (Å²) < 4.78 is 27.4. The molecule has 0 heterocycles. The zero-order valence-corrected chi connectivity index (χ0v) is 10.6. The van der Waals surface area contributed by atoms with Gasteiger partial charge in [-0.3, -0.25) is 0 Å². The molecule has 0 aliphatic heterocycles. The van der Waals surface area contributed by atoms with E-state index in [0.717, 1.165) is 6.07 Å². The summed E-state index contributed by atoms with van der Waals surface area (Å²) in [6.45, 7) is 0. The van der Waals surface area contributed by atoms with E-state index in [1.807, 2.05) is 0 Å². The van der Waals surface area contributed by atoms with Crippen LogP contribution >= 0.6 is 11.6 Å². The molecule has 0 unspecified atom stereocenters. The van der Waals surface area contributed by atoms with Crippen LogP contribution in [0.25, 0.3) is 11.8 Å². The van der Waals surface area contributed by atoms with Crippen LogP contribution in [0.1, 0.15) is 11.1 Å². The SMILES string of the molecule is [B]c1cccc(/C=C(\N)c2ccc(Cl)cc2F)c1F. The molecule has 0 saturated heterocycles. The number of hydrogen-bond acceptors (Lipinski definition) is 1. The van der Waals surface area contributed by atoms with Crippen molar-refractivity contribution in [1.82, 2.24) is 0 Å². The van der Waals surface area contributed by atoms with Crippen LogP contribution < -0.4 is 11.2 Å². The van der Waals surface area contributed by atoms with Crippen molar-refractivity contribution in [3.05, 3.63) is 64.2 Å². The van der Waals surface area contributed by atoms with Crippen molar-refractivity contribution in [2.75, 3.05) is 0 Å². The Labute approximate surface area is 116 Å². The Kier molecular flexibility index (Phi) is 3.91. The van der Waals surface area contributed by atoms with Crippen LogP contribution in [0.4, 0.5) is 8.78 Å². The summed E-state index contributed by atoms with van der Waals surface area (Å²) >= 11 is 5.65. The third-order valence-electron chi connectivity index (χ3n) is 2.61. The van der Waals surface area contributed by atoms with Crippen LogP contribution in [0.5, 0.6) is 0 Å². The Hall–Kier alpha value is -1.81. The summed E-state index contributed by atoms with van der Waals surface area (Å²) in [4.78, 5) is 0. The Bertz CT molecular complexity index is 656. The van der Waals surface area contributed by atoms with Crippen LogP contribution in [-0.4, -0.2) is 7.85 Å². The topological polar surface area (TPSA) is 26.0 Å². The van der Waals surface area contributed by atoms with Crippen LogP contribution in [0, 0.1) is 11.6 Å². The second-order valence-corrected chi connectivity index (χ2v) is 4.41. The Morgan fingerprint density at radius 2 is 1.95 bits per heavy atom. The minimum Gasteiger partial charge on any atom is -0.398 e. The molecule has 5 heteroatoms. The molecule has 0 atom stereocenters. The summed E-state index contributed by atoms with van der Waals surface area (Å²) in [7, 11) is 5.45. The Balaban J connectivity index is 2.45. The quantitative estimate of drug-likeness (QED) is 0.662. The molecule has 0 bridgehead atoms. The van der Waals surface area contributed by atoms with Crippen LogP contribution in [0.2, 0.25) is 5.02 Å². The average molecular weight is 275 g/mol. The van der Waals surface area contributed by atoms with E-state index in [-0.39, 0.29) is 27.3 Å². The van der Waals surface area contributed by atoms with Gasteiger partial charge in [0.25, 0.3) is 0 Å². The third-order valence-corrected chi connectivity index (χ3v) is 2.85. The van der Waals surface area contributed by atoms with E-state index in [1.165, 1.54) is 30.3 Å². The highest BCUT2D eigenvalue weighted by atomic mass is 35.5. The maximum absolute atomic E-state index is 13.7. The highest BCUT2D eigenvalue weighted by Gasteiger charge is 2.08. The van der Waals surface area contributed by atoms with Gasteiger partial charge < -0.3 is 5.73 Å². The lowest BCUT2D eigenvalue weighted by molar-refractivity contribution is 0.623. The normalized spacial score (nSPS) is 11.6. The summed E-state index contributed by atoms with van der Waals surface area (Å²) in [5, 5.41) is 0.268. The highest BCUT2D eigenvalue weighted by molar-refractivity contribution is 6.32. The molecule has 94 valence electrons. The fourth-order valence-electron chi connectivity index (χ4n) is 1.65. The molecule has 0 aliphatic rings. The molecule has 2 aromatic rings. The van der Waals surface area contributed by atoms with E-state index < -0.39 is 11.6 Å². The first-order chi connectivity index (χ1) is 8.99. The van der Waals surface area contributed by atoms with Crippen molar-refractivity contribution >= 4 is 36.7 Å². The zero-order chi connectivity index (χ0) is 14.0. The van der Waals surface area contributed by atoms with Gasteiger partial charge in [-0.05, 0) is 24.3 Å². The molecule has 2 aromatic carbocycles. The molecule has 0 aromatic heterocycles. The van der Waals surface area contributed by atoms with Crippen LogP contribution in [-0.2, 0) is 0 Å². The molecule has 1 nitrogen and oxygen atoms in total. The van der Waals surface area contributed by atoms with E-state index in [0.29, 0.717) is 0 Å². The average Bonchev–Trinajstić information content (AvgIpc) is 2.34. The van der Waals surface area contributed by atoms with E-state index in [9.17, 15) is 8.78 Å². The van der Waals surface area contributed by atoms with Gasteiger partial charge in [0.05, 0.1) is 0 Å². The van der Waals surface area contributed by atoms with Gasteiger partial charge >= 0.3 is 0 Å². The zero-order valence-electron chi connectivity index (χ0n) is 9.83. The van der Waals surface area contributed by atoms with Gasteiger partial charge in [-0.1, -0.05) is 35.3 Å². The molecule has 19 heavy (non-hydrogen) atoms. The first-order valence-corrected chi connectivity index (χ1v) is 5.83. The number of rotatable bonds is 2. The van der Waals surface area contributed by atoms with Gasteiger partial charge in [0.2, 0.25) is 0 Å². The Morgan fingerprint density at radius 1 is 1.21 bits per heavy atom. The second-order valence-electron chi connectivity index (χ2n) is 3.97. The number of halogens is 3. The number of benzene rings is 2. The molecule has 2 radical (unpaired) electrons. The van der Waals surface area contributed by atoms with Gasteiger partial charge in [-0.2, -0.15) is 0 Å². The lowest BCUT2D eigenvalue weighted by Gasteiger charge is -2.06. The molecule has 2 N–H and O–H groups in total. The van der Waals surface area contributed by atoms with Crippen LogP contribution in [0.3, 0.4) is 0 Å². The second kappa shape index (κ2) is 5.45. The fourth-order valence-corrected chi connectivity index (χ4v) is 1.81. The maximum atomic E-state index is 13.7. The van der Waals surface area contributed by atoms with Crippen molar-refractivity contribution in [1.29, 1.82) is 0 Å². The molecule has 0 spiro atoms. The summed E-state index contributed by atoms with van der Waals surface area (Å²) in [6, 6.07) is 8.63. The van der Waals surface area contributed by atoms with E-state index in [1.54, 1.807) is 6.07 Å². The minimum atomic E-state index is -0.583. The predicted molar refractivity (Wildman–Crippen MR) is 75.3 cm³/mol.